The molecule has 2 saturated heterocycles. The molecule has 5 amide bonds. The summed E-state index contributed by atoms with van der Waals surface area (Å²) in [5.74, 6) is -0.0238. The number of hydrogen-bond donors (Lipinski definition) is 2. The molecule has 2 aliphatic heterocycles. The molecule has 2 aliphatic rings. The van der Waals surface area contributed by atoms with Gasteiger partial charge in [0.15, 0.2) is 0 Å². The Bertz CT molecular complexity index is 1600. The minimum absolute atomic E-state index is 0.0217. The van der Waals surface area contributed by atoms with Gasteiger partial charge in [0.1, 0.15) is 5.54 Å². The van der Waals surface area contributed by atoms with Gasteiger partial charge in [-0.2, -0.15) is 11.8 Å². The number of urea groups is 1. The molecule has 13 nitrogen and oxygen atoms in total. The van der Waals surface area contributed by atoms with Crippen LogP contribution in [0, 0.1) is 0 Å². The van der Waals surface area contributed by atoms with Gasteiger partial charge >= 0.3 is 12.0 Å². The maximum atomic E-state index is 14.0. The van der Waals surface area contributed by atoms with Crippen molar-refractivity contribution < 1.29 is 33.4 Å². The zero-order chi connectivity index (χ0) is 40.0. The van der Waals surface area contributed by atoms with E-state index in [0.29, 0.717) is 76.0 Å². The second-order valence-electron chi connectivity index (χ2n) is 14.1. The number of anilines is 1. The number of amides is 5. The maximum absolute atomic E-state index is 14.0. The highest BCUT2D eigenvalue weighted by Gasteiger charge is 2.50. The van der Waals surface area contributed by atoms with E-state index < -0.39 is 17.5 Å². The molecule has 0 aromatic heterocycles. The molecule has 2 N–H and O–H groups in total. The molecule has 0 saturated carbocycles. The summed E-state index contributed by atoms with van der Waals surface area (Å²) in [6, 6.07) is 19.1. The van der Waals surface area contributed by atoms with E-state index in [1.165, 1.54) is 5.56 Å². The minimum Gasteiger partial charge on any atom is -0.464 e. The van der Waals surface area contributed by atoms with Crippen LogP contribution in [0.5, 0.6) is 0 Å². The first kappa shape index (κ1) is 44.3. The van der Waals surface area contributed by atoms with E-state index in [4.69, 9.17) is 9.47 Å². The predicted molar refractivity (Wildman–Crippen MR) is 222 cm³/mol. The molecule has 2 aromatic rings. The number of para-hydroxylation sites is 1. The number of unbranched alkanes of at least 4 members (excludes halogenated alkanes) is 1. The summed E-state index contributed by atoms with van der Waals surface area (Å²) in [6.07, 6.45) is 6.48. The Morgan fingerprint density at radius 2 is 1.54 bits per heavy atom. The Morgan fingerprint density at radius 3 is 2.18 bits per heavy atom. The zero-order valence-corrected chi connectivity index (χ0v) is 33.6. The third kappa shape index (κ3) is 14.6. The first-order valence-corrected chi connectivity index (χ1v) is 20.9. The van der Waals surface area contributed by atoms with Gasteiger partial charge in [-0.05, 0) is 69.4 Å². The van der Waals surface area contributed by atoms with Crippen LogP contribution in [0.2, 0.25) is 0 Å². The highest BCUT2D eigenvalue weighted by atomic mass is 32.2. The van der Waals surface area contributed by atoms with Gasteiger partial charge in [-0.25, -0.2) is 19.6 Å². The van der Waals surface area contributed by atoms with Crippen molar-refractivity contribution in [3.05, 3.63) is 66.2 Å². The fraction of sp³-hybridized carbons (Fsp3) is 0.548. The third-order valence-corrected chi connectivity index (χ3v) is 11.4. The van der Waals surface area contributed by atoms with Gasteiger partial charge < -0.3 is 25.0 Å². The second-order valence-corrected chi connectivity index (χ2v) is 15.4. The topological polar surface area (TPSA) is 159 Å². The summed E-state index contributed by atoms with van der Waals surface area (Å²) in [6.45, 7) is 8.59. The van der Waals surface area contributed by atoms with Gasteiger partial charge in [0.2, 0.25) is 17.7 Å². The largest absolute Gasteiger partial charge is 0.464 e. The normalized spacial score (nSPS) is 17.2. The number of esters is 1. The number of carbonyl (C=O) groups is 5. The molecule has 4 rings (SSSR count). The molecule has 0 unspecified atom stereocenters. The fourth-order valence-corrected chi connectivity index (χ4v) is 8.24. The van der Waals surface area contributed by atoms with Crippen LogP contribution < -0.4 is 15.5 Å². The molecule has 2 aromatic carbocycles. The Labute approximate surface area is 335 Å². The van der Waals surface area contributed by atoms with Crippen molar-refractivity contribution >= 4 is 59.6 Å². The highest BCUT2D eigenvalue weighted by molar-refractivity contribution is 8.01. The molecule has 1 atom stereocenters. The molecular weight excluding hydrogens is 733 g/mol. The summed E-state index contributed by atoms with van der Waals surface area (Å²) in [4.78, 5) is 74.7. The summed E-state index contributed by atoms with van der Waals surface area (Å²) in [5.41, 5.74) is 1.65. The fourth-order valence-electron chi connectivity index (χ4n) is 6.98. The van der Waals surface area contributed by atoms with Crippen molar-refractivity contribution in [3.63, 3.8) is 0 Å². The van der Waals surface area contributed by atoms with Crippen LogP contribution in [0.25, 0.3) is 0 Å². The average Bonchev–Trinajstić information content (AvgIpc) is 3.67. The van der Waals surface area contributed by atoms with Crippen LogP contribution in [-0.2, 0) is 35.1 Å². The Morgan fingerprint density at radius 1 is 0.893 bits per heavy atom. The maximum Gasteiger partial charge on any atom is 0.366 e. The monoisotopic (exact) mass is 790 g/mol. The van der Waals surface area contributed by atoms with Crippen LogP contribution in [0.4, 0.5) is 10.5 Å². The standard InChI is InChI=1S/C42H58N6O7S/c1-3-39(51)48(35-15-8-5-9-16-35)42(21-26-47(27-22-42)25-20-33-13-6-4-7-14-33)40(52)55-28-12-19-38(50)45-24-30-54-29-23-44-37(49)18-11-10-17-36-31-34(32-56-36)46-41(53)43-2/h4-9,13-16,36H,2-3,10-12,17-32H2,1H3,(H,44,49)(H,45,50)/t36-/m0/s1. The number of rotatable bonds is 22. The Hall–Kier alpha value is -4.40. The molecule has 2 heterocycles. The number of thioether (sulfide) groups is 1. The molecule has 0 radical (unpaired) electrons. The van der Waals surface area contributed by atoms with Crippen molar-refractivity contribution in [2.75, 3.05) is 63.2 Å². The van der Waals surface area contributed by atoms with Gasteiger partial charge in [0, 0.05) is 74.4 Å². The number of nitrogens with one attached hydrogen (secondary N) is 2. The zero-order valence-electron chi connectivity index (χ0n) is 32.8. The number of hydrogen-bond acceptors (Lipinski definition) is 9. The summed E-state index contributed by atoms with van der Waals surface area (Å²) in [5, 5.41) is 6.10. The lowest BCUT2D eigenvalue weighted by Gasteiger charge is -2.46. The number of likely N-dealkylation sites (tertiary alicyclic amines) is 1. The van der Waals surface area contributed by atoms with Gasteiger partial charge in [-0.15, -0.1) is 0 Å². The van der Waals surface area contributed by atoms with Gasteiger partial charge in [0.25, 0.3) is 0 Å². The van der Waals surface area contributed by atoms with Gasteiger partial charge in [0.05, 0.1) is 19.8 Å². The number of carbonyl (C=O) groups excluding carboxylic acids is 5. The lowest BCUT2D eigenvalue weighted by atomic mass is 9.84. The van der Waals surface area contributed by atoms with Crippen LogP contribution >= 0.6 is 11.8 Å². The average molecular weight is 791 g/mol. The Balaban J connectivity index is 1.10. The Kier molecular flexibility index (Phi) is 19.2. The number of piperidine rings is 1. The molecule has 304 valence electrons. The first-order valence-electron chi connectivity index (χ1n) is 19.9. The SMILES string of the molecule is C=NC(=O)N=C1CS[C@@H](CCCCC(=O)NCCOCCNC(=O)CCCOC(=O)C2(N(C(=O)CC)c3ccccc3)CCN(CCc3ccccc3)CC2)C1. The number of nitrogens with zero attached hydrogens (tertiary/aromatic N) is 4. The van der Waals surface area contributed by atoms with Crippen molar-refractivity contribution in [1.29, 1.82) is 0 Å². The summed E-state index contributed by atoms with van der Waals surface area (Å²) in [7, 11) is 0. The van der Waals surface area contributed by atoms with Crippen LogP contribution in [0.1, 0.15) is 76.7 Å². The molecule has 2 fully saturated rings. The highest BCUT2D eigenvalue weighted by Crippen LogP contribution is 2.36. The van der Waals surface area contributed by atoms with Crippen molar-refractivity contribution in [2.45, 2.75) is 88.3 Å². The van der Waals surface area contributed by atoms with Crippen LogP contribution in [0.3, 0.4) is 0 Å². The van der Waals surface area contributed by atoms with E-state index in [2.05, 4.69) is 44.4 Å². The van der Waals surface area contributed by atoms with Crippen molar-refractivity contribution in [3.8, 4) is 0 Å². The van der Waals surface area contributed by atoms with E-state index >= 15 is 0 Å². The second kappa shape index (κ2) is 24.3. The molecule has 56 heavy (non-hydrogen) atoms. The lowest BCUT2D eigenvalue weighted by molar-refractivity contribution is -0.154. The summed E-state index contributed by atoms with van der Waals surface area (Å²) < 4.78 is 11.4. The van der Waals surface area contributed by atoms with Crippen molar-refractivity contribution in [2.24, 2.45) is 9.98 Å². The molecule has 0 spiro atoms. The molecular formula is C42H58N6O7S. The third-order valence-electron chi connectivity index (χ3n) is 10.1. The van der Waals surface area contributed by atoms with E-state index in [9.17, 15) is 24.0 Å². The van der Waals surface area contributed by atoms with E-state index in [1.807, 2.05) is 48.5 Å². The molecule has 0 bridgehead atoms. The summed E-state index contributed by atoms with van der Waals surface area (Å²) >= 11 is 1.78. The van der Waals surface area contributed by atoms with E-state index in [-0.39, 0.29) is 37.2 Å². The van der Waals surface area contributed by atoms with E-state index in [1.54, 1.807) is 23.6 Å². The molecule has 14 heteroatoms. The van der Waals surface area contributed by atoms with Gasteiger partial charge in [-0.3, -0.25) is 19.3 Å². The first-order chi connectivity index (χ1) is 27.2. The van der Waals surface area contributed by atoms with Crippen molar-refractivity contribution in [1.82, 2.24) is 15.5 Å². The molecule has 0 aliphatic carbocycles. The smallest absolute Gasteiger partial charge is 0.366 e. The minimum atomic E-state index is -1.14. The predicted octanol–water partition coefficient (Wildman–Crippen LogP) is 5.41. The number of ether oxygens (including phenoxy) is 2. The quantitative estimate of drug-likeness (QED) is 0.0905. The van der Waals surface area contributed by atoms with Gasteiger partial charge in [-0.1, -0.05) is 61.9 Å². The number of aliphatic imine (C=N–C) groups is 2. The van der Waals surface area contributed by atoms with Crippen LogP contribution in [-0.4, -0.2) is 116 Å². The number of benzene rings is 2. The lowest BCUT2D eigenvalue weighted by Crippen LogP contribution is -2.63. The van der Waals surface area contributed by atoms with Crippen LogP contribution in [0.15, 0.2) is 70.6 Å². The van der Waals surface area contributed by atoms with E-state index in [0.717, 1.165) is 50.1 Å².